The summed E-state index contributed by atoms with van der Waals surface area (Å²) in [5, 5.41) is 18.2. The van der Waals surface area contributed by atoms with Gasteiger partial charge in [0.1, 0.15) is 11.5 Å². The van der Waals surface area contributed by atoms with E-state index in [9.17, 15) is 8.42 Å². The molecule has 4 nitrogen and oxygen atoms in total. The molecule has 0 fully saturated rings. The second-order valence-electron chi connectivity index (χ2n) is 3.49. The third kappa shape index (κ3) is 5.11. The fourth-order valence-corrected chi connectivity index (χ4v) is 2.65. The van der Waals surface area contributed by atoms with Gasteiger partial charge in [0, 0.05) is 0 Å². The highest BCUT2D eigenvalue weighted by atomic mass is 32.2. The average molecular weight is 310 g/mol. The van der Waals surface area contributed by atoms with Crippen LogP contribution in [0.1, 0.15) is 27.7 Å². The van der Waals surface area contributed by atoms with Crippen LogP contribution in [-0.2, 0) is 9.84 Å². The van der Waals surface area contributed by atoms with E-state index in [-0.39, 0.29) is 21.3 Å². The summed E-state index contributed by atoms with van der Waals surface area (Å²) in [5.74, 6) is 0.0179. The summed E-state index contributed by atoms with van der Waals surface area (Å²) in [5.41, 5.74) is 0. The van der Waals surface area contributed by atoms with Crippen molar-refractivity contribution in [2.45, 2.75) is 37.5 Å². The molecule has 2 aromatic carbocycles. The van der Waals surface area contributed by atoms with E-state index in [1.54, 1.807) is 0 Å². The van der Waals surface area contributed by atoms with Gasteiger partial charge in [-0.05, 0) is 48.5 Å². The number of benzene rings is 2. The van der Waals surface area contributed by atoms with Gasteiger partial charge in [0.15, 0.2) is 0 Å². The molecule has 0 radical (unpaired) electrons. The van der Waals surface area contributed by atoms with Crippen molar-refractivity contribution in [2.24, 2.45) is 0 Å². The zero-order chi connectivity index (χ0) is 16.5. The van der Waals surface area contributed by atoms with E-state index in [1.165, 1.54) is 48.5 Å². The molecular weight excluding hydrogens is 288 g/mol. The first-order valence-electron chi connectivity index (χ1n) is 6.83. The molecule has 0 amide bonds. The second kappa shape index (κ2) is 9.02. The minimum atomic E-state index is -3.59. The Morgan fingerprint density at radius 3 is 1.10 bits per heavy atom. The summed E-state index contributed by atoms with van der Waals surface area (Å²) in [7, 11) is -3.59. The van der Waals surface area contributed by atoms with Crippen molar-refractivity contribution in [2.75, 3.05) is 0 Å². The fourth-order valence-electron chi connectivity index (χ4n) is 1.39. The SMILES string of the molecule is CC.CC.O=S(=O)(c1ccc(O)cc1)c1ccc(O)cc1. The highest BCUT2D eigenvalue weighted by Crippen LogP contribution is 2.23. The van der Waals surface area contributed by atoms with Crippen LogP contribution in [0.25, 0.3) is 0 Å². The monoisotopic (exact) mass is 310 g/mol. The quantitative estimate of drug-likeness (QED) is 0.879. The summed E-state index contributed by atoms with van der Waals surface area (Å²) < 4.78 is 24.2. The fraction of sp³-hybridized carbons (Fsp3) is 0.250. The van der Waals surface area contributed by atoms with Crippen LogP contribution >= 0.6 is 0 Å². The molecule has 0 aliphatic rings. The van der Waals surface area contributed by atoms with Crippen molar-refractivity contribution in [1.29, 1.82) is 0 Å². The molecule has 0 unspecified atom stereocenters. The maximum absolute atomic E-state index is 12.1. The van der Waals surface area contributed by atoms with E-state index in [0.717, 1.165) is 0 Å². The van der Waals surface area contributed by atoms with Gasteiger partial charge in [-0.15, -0.1) is 0 Å². The van der Waals surface area contributed by atoms with Crippen LogP contribution in [0.3, 0.4) is 0 Å². The Hall–Kier alpha value is -2.01. The number of aromatic hydroxyl groups is 2. The summed E-state index contributed by atoms with van der Waals surface area (Å²) in [6.07, 6.45) is 0. The highest BCUT2D eigenvalue weighted by Gasteiger charge is 2.17. The molecule has 2 rings (SSSR count). The summed E-state index contributed by atoms with van der Waals surface area (Å²) in [4.78, 5) is 0.196. The van der Waals surface area contributed by atoms with E-state index in [0.29, 0.717) is 0 Å². The molecule has 2 N–H and O–H groups in total. The summed E-state index contributed by atoms with van der Waals surface area (Å²) in [6.45, 7) is 8.00. The minimum Gasteiger partial charge on any atom is -0.508 e. The van der Waals surface area contributed by atoms with Crippen molar-refractivity contribution in [3.63, 3.8) is 0 Å². The number of sulfone groups is 1. The van der Waals surface area contributed by atoms with Gasteiger partial charge in [-0.2, -0.15) is 0 Å². The van der Waals surface area contributed by atoms with E-state index in [2.05, 4.69) is 0 Å². The Balaban J connectivity index is 0.000000921. The number of hydrogen-bond donors (Lipinski definition) is 2. The van der Waals surface area contributed by atoms with Crippen molar-refractivity contribution < 1.29 is 18.6 Å². The minimum absolute atomic E-state index is 0.00894. The zero-order valence-electron chi connectivity index (χ0n) is 12.7. The second-order valence-corrected chi connectivity index (χ2v) is 5.44. The predicted molar refractivity (Wildman–Crippen MR) is 84.4 cm³/mol. The molecule has 0 heterocycles. The first-order chi connectivity index (χ1) is 10.00. The normalized spacial score (nSPS) is 9.71. The van der Waals surface area contributed by atoms with E-state index < -0.39 is 9.84 Å². The molecule has 116 valence electrons. The predicted octanol–water partition coefficient (Wildman–Crippen LogP) is 3.98. The lowest BCUT2D eigenvalue weighted by Crippen LogP contribution is -2.01. The Labute approximate surface area is 126 Å². The Morgan fingerprint density at radius 2 is 0.857 bits per heavy atom. The van der Waals surface area contributed by atoms with E-state index in [4.69, 9.17) is 10.2 Å². The van der Waals surface area contributed by atoms with Crippen molar-refractivity contribution >= 4 is 9.84 Å². The lowest BCUT2D eigenvalue weighted by atomic mass is 10.3. The largest absolute Gasteiger partial charge is 0.508 e. The molecule has 2 aromatic rings. The lowest BCUT2D eigenvalue weighted by molar-refractivity contribution is 0.474. The number of phenolic OH excluding ortho intramolecular Hbond substituents is 2. The van der Waals surface area contributed by atoms with Crippen molar-refractivity contribution in [3.8, 4) is 11.5 Å². The molecule has 21 heavy (non-hydrogen) atoms. The third-order valence-corrected chi connectivity index (χ3v) is 4.08. The summed E-state index contributed by atoms with van der Waals surface area (Å²) >= 11 is 0. The standard InChI is InChI=1S/C12H10O4S.2C2H6/c13-9-1-5-11(6-2-9)17(15,16)12-7-3-10(14)4-8-12;2*1-2/h1-8,13-14H;2*1-2H3. The molecule has 0 atom stereocenters. The smallest absolute Gasteiger partial charge is 0.206 e. The van der Waals surface area contributed by atoms with Gasteiger partial charge < -0.3 is 10.2 Å². The van der Waals surface area contributed by atoms with Gasteiger partial charge in [-0.3, -0.25) is 0 Å². The lowest BCUT2D eigenvalue weighted by Gasteiger charge is -2.04. The van der Waals surface area contributed by atoms with Crippen LogP contribution in [0.5, 0.6) is 11.5 Å². The van der Waals surface area contributed by atoms with Crippen molar-refractivity contribution in [1.82, 2.24) is 0 Å². The van der Waals surface area contributed by atoms with Crippen LogP contribution in [-0.4, -0.2) is 18.6 Å². The topological polar surface area (TPSA) is 74.6 Å². The highest BCUT2D eigenvalue weighted by molar-refractivity contribution is 7.91. The van der Waals surface area contributed by atoms with E-state index in [1.807, 2.05) is 27.7 Å². The van der Waals surface area contributed by atoms with E-state index >= 15 is 0 Å². The van der Waals surface area contributed by atoms with Gasteiger partial charge in [0.2, 0.25) is 9.84 Å². The average Bonchev–Trinajstić information content (AvgIpc) is 2.52. The molecule has 0 bridgehead atoms. The Kier molecular flexibility index (Phi) is 8.16. The molecule has 0 spiro atoms. The molecule has 0 saturated heterocycles. The number of phenols is 2. The van der Waals surface area contributed by atoms with Crippen LogP contribution in [0.4, 0.5) is 0 Å². The molecular formula is C16H22O4S. The first kappa shape index (κ1) is 19.0. The number of rotatable bonds is 2. The molecule has 0 aromatic heterocycles. The molecule has 0 aliphatic carbocycles. The summed E-state index contributed by atoms with van der Waals surface area (Å²) in [6, 6.07) is 10.6. The van der Waals surface area contributed by atoms with Crippen LogP contribution in [0.15, 0.2) is 58.3 Å². The Morgan fingerprint density at radius 1 is 0.619 bits per heavy atom. The Bertz CT molecular complexity index is 563. The third-order valence-electron chi connectivity index (χ3n) is 2.29. The number of hydrogen-bond acceptors (Lipinski definition) is 4. The zero-order valence-corrected chi connectivity index (χ0v) is 13.6. The van der Waals surface area contributed by atoms with Gasteiger partial charge >= 0.3 is 0 Å². The maximum Gasteiger partial charge on any atom is 0.206 e. The molecule has 0 aliphatic heterocycles. The van der Waals surface area contributed by atoms with Crippen molar-refractivity contribution in [3.05, 3.63) is 48.5 Å². The van der Waals surface area contributed by atoms with Gasteiger partial charge in [0.25, 0.3) is 0 Å². The maximum atomic E-state index is 12.1. The molecule has 5 heteroatoms. The van der Waals surface area contributed by atoms with Crippen LogP contribution in [0, 0.1) is 0 Å². The molecule has 0 saturated carbocycles. The van der Waals surface area contributed by atoms with Gasteiger partial charge in [-0.1, -0.05) is 27.7 Å². The van der Waals surface area contributed by atoms with Gasteiger partial charge in [0.05, 0.1) is 9.79 Å². The van der Waals surface area contributed by atoms with Crippen LogP contribution in [0.2, 0.25) is 0 Å². The van der Waals surface area contributed by atoms with Gasteiger partial charge in [-0.25, -0.2) is 8.42 Å². The first-order valence-corrected chi connectivity index (χ1v) is 8.31. The van der Waals surface area contributed by atoms with Crippen LogP contribution < -0.4 is 0 Å².